The number of hydrogen-bond acceptors (Lipinski definition) is 5. The first-order chi connectivity index (χ1) is 15.4. The molecule has 8 heteroatoms. The van der Waals surface area contributed by atoms with E-state index in [1.54, 1.807) is 23.9 Å². The van der Waals surface area contributed by atoms with E-state index < -0.39 is 0 Å². The van der Waals surface area contributed by atoms with Gasteiger partial charge in [-0.15, -0.1) is 0 Å². The highest BCUT2D eigenvalue weighted by atomic mass is 16.3. The van der Waals surface area contributed by atoms with Gasteiger partial charge in [0.25, 0.3) is 5.91 Å². The van der Waals surface area contributed by atoms with Crippen LogP contribution in [0.15, 0.2) is 48.8 Å². The number of carbonyl (C=O) groups is 2. The van der Waals surface area contributed by atoms with Crippen LogP contribution in [0.3, 0.4) is 0 Å². The molecule has 0 radical (unpaired) electrons. The van der Waals surface area contributed by atoms with Gasteiger partial charge in [-0.3, -0.25) is 9.59 Å². The second-order valence-electron chi connectivity index (χ2n) is 6.81. The van der Waals surface area contributed by atoms with E-state index in [1.165, 1.54) is 0 Å². The van der Waals surface area contributed by atoms with Gasteiger partial charge in [0, 0.05) is 57.9 Å². The zero-order chi connectivity index (χ0) is 24.1. The summed E-state index contributed by atoms with van der Waals surface area (Å²) in [6.07, 6.45) is 4.98. The van der Waals surface area contributed by atoms with Crippen molar-refractivity contribution >= 4 is 23.6 Å². The molecule has 0 aliphatic carbocycles. The highest BCUT2D eigenvalue weighted by Gasteiger charge is 2.12. The molecule has 0 aliphatic heterocycles. The van der Waals surface area contributed by atoms with Crippen molar-refractivity contribution in [1.29, 1.82) is 0 Å². The Kier molecular flexibility index (Phi) is 11.4. The normalized spacial score (nSPS) is 9.69. The standard InChI is InChI=1S/C16H21N3O2.C6H8N2O.C2H6/c1-17-14-6-4-12(5-7-14)13-10-15(19(2)11-13)16(21)18-8-3-9-20;1-8-3-5(7)2-6(8)4-9;1-2/h4-7,10-11,17,20H,3,8-9H2,1-2H3,(H,18,21);2-4H,7H2,1H3;1-2H3. The molecule has 1 amide bonds. The van der Waals surface area contributed by atoms with Crippen molar-refractivity contribution in [1.82, 2.24) is 14.5 Å². The lowest BCUT2D eigenvalue weighted by Crippen LogP contribution is -2.26. The molecule has 3 aromatic rings. The lowest BCUT2D eigenvalue weighted by atomic mass is 10.1. The monoisotopic (exact) mass is 441 g/mol. The molecule has 3 rings (SSSR count). The zero-order valence-electron chi connectivity index (χ0n) is 19.6. The topological polar surface area (TPSA) is 114 Å². The lowest BCUT2D eigenvalue weighted by molar-refractivity contribution is 0.0942. The molecule has 0 saturated heterocycles. The van der Waals surface area contributed by atoms with E-state index in [-0.39, 0.29) is 12.5 Å². The summed E-state index contributed by atoms with van der Waals surface area (Å²) in [5.74, 6) is -0.121. The first-order valence-electron chi connectivity index (χ1n) is 10.6. The van der Waals surface area contributed by atoms with Gasteiger partial charge < -0.3 is 30.6 Å². The Labute approximate surface area is 190 Å². The second kappa shape index (κ2) is 13.7. The molecule has 0 fully saturated rings. The highest BCUT2D eigenvalue weighted by Crippen LogP contribution is 2.23. The van der Waals surface area contributed by atoms with Crippen molar-refractivity contribution in [3.8, 4) is 11.1 Å². The van der Waals surface area contributed by atoms with Crippen LogP contribution in [0.4, 0.5) is 11.4 Å². The summed E-state index contributed by atoms with van der Waals surface area (Å²) in [6, 6.07) is 11.6. The number of carbonyl (C=O) groups excluding carboxylic acids is 2. The fraction of sp³-hybridized carbons (Fsp3) is 0.333. The minimum Gasteiger partial charge on any atom is -0.397 e. The number of aliphatic hydroxyl groups is 1. The molecule has 0 atom stereocenters. The predicted molar refractivity (Wildman–Crippen MR) is 131 cm³/mol. The van der Waals surface area contributed by atoms with Crippen LogP contribution in [-0.2, 0) is 14.1 Å². The molecule has 2 heterocycles. The van der Waals surface area contributed by atoms with Gasteiger partial charge in [0.1, 0.15) is 5.69 Å². The number of anilines is 2. The molecule has 0 aliphatic rings. The quantitative estimate of drug-likeness (QED) is 0.332. The Hall–Kier alpha value is -3.52. The summed E-state index contributed by atoms with van der Waals surface area (Å²) < 4.78 is 3.50. The number of aromatic nitrogens is 2. The summed E-state index contributed by atoms with van der Waals surface area (Å²) in [4.78, 5) is 22.2. The van der Waals surface area contributed by atoms with Gasteiger partial charge in [-0.05, 0) is 36.2 Å². The second-order valence-corrected chi connectivity index (χ2v) is 6.81. The number of nitrogens with two attached hydrogens (primary N) is 1. The fourth-order valence-electron chi connectivity index (χ4n) is 2.87. The van der Waals surface area contributed by atoms with Crippen LogP contribution < -0.4 is 16.4 Å². The van der Waals surface area contributed by atoms with Crippen LogP contribution in [0, 0.1) is 0 Å². The number of benzene rings is 1. The van der Waals surface area contributed by atoms with Gasteiger partial charge in [-0.2, -0.15) is 0 Å². The Morgan fingerprint density at radius 3 is 2.19 bits per heavy atom. The van der Waals surface area contributed by atoms with Crippen LogP contribution in [-0.4, -0.2) is 46.6 Å². The van der Waals surface area contributed by atoms with E-state index in [4.69, 9.17) is 10.8 Å². The van der Waals surface area contributed by atoms with E-state index >= 15 is 0 Å². The highest BCUT2D eigenvalue weighted by molar-refractivity contribution is 5.94. The van der Waals surface area contributed by atoms with Gasteiger partial charge in [0.15, 0.2) is 6.29 Å². The maximum atomic E-state index is 12.1. The molecule has 0 bridgehead atoms. The summed E-state index contributed by atoms with van der Waals surface area (Å²) in [6.45, 7) is 4.56. The summed E-state index contributed by atoms with van der Waals surface area (Å²) >= 11 is 0. The van der Waals surface area contributed by atoms with E-state index in [0.29, 0.717) is 30.0 Å². The number of aryl methyl sites for hydroxylation is 2. The number of nitrogen functional groups attached to an aromatic ring is 1. The van der Waals surface area contributed by atoms with Crippen molar-refractivity contribution in [2.45, 2.75) is 20.3 Å². The zero-order valence-corrected chi connectivity index (χ0v) is 19.6. The van der Waals surface area contributed by atoms with Crippen LogP contribution in [0.5, 0.6) is 0 Å². The fourth-order valence-corrected chi connectivity index (χ4v) is 2.87. The molecule has 0 unspecified atom stereocenters. The molecule has 174 valence electrons. The molecular weight excluding hydrogens is 406 g/mol. The van der Waals surface area contributed by atoms with Crippen LogP contribution in [0.1, 0.15) is 41.2 Å². The largest absolute Gasteiger partial charge is 0.397 e. The van der Waals surface area contributed by atoms with Crippen LogP contribution in [0.25, 0.3) is 11.1 Å². The third kappa shape index (κ3) is 7.63. The Morgan fingerprint density at radius 1 is 1.06 bits per heavy atom. The average molecular weight is 442 g/mol. The van der Waals surface area contributed by atoms with E-state index in [2.05, 4.69) is 10.6 Å². The molecule has 1 aromatic carbocycles. The number of nitrogens with one attached hydrogen (secondary N) is 2. The SMILES string of the molecule is CC.CNc1ccc(-c2cc(C(=O)NCCCO)n(C)c2)cc1.Cn1cc(N)cc1C=O. The Balaban J connectivity index is 0.000000388. The first-order valence-corrected chi connectivity index (χ1v) is 10.6. The Morgan fingerprint density at radius 2 is 1.72 bits per heavy atom. The number of nitrogens with zero attached hydrogens (tertiary/aromatic N) is 2. The molecular formula is C24H35N5O3. The number of hydrogen-bond donors (Lipinski definition) is 4. The average Bonchev–Trinajstić information content (AvgIpc) is 3.36. The predicted octanol–water partition coefficient (Wildman–Crippen LogP) is 3.29. The molecule has 0 spiro atoms. The molecule has 5 N–H and O–H groups in total. The summed E-state index contributed by atoms with van der Waals surface area (Å²) in [7, 11) is 5.51. The maximum Gasteiger partial charge on any atom is 0.267 e. The van der Waals surface area contributed by atoms with E-state index in [1.807, 2.05) is 69.0 Å². The van der Waals surface area contributed by atoms with Crippen molar-refractivity contribution < 1.29 is 14.7 Å². The summed E-state index contributed by atoms with van der Waals surface area (Å²) in [5, 5.41) is 14.6. The minimum absolute atomic E-state index is 0.0798. The van der Waals surface area contributed by atoms with Crippen molar-refractivity contribution in [2.24, 2.45) is 14.1 Å². The van der Waals surface area contributed by atoms with Gasteiger partial charge >= 0.3 is 0 Å². The van der Waals surface area contributed by atoms with Crippen molar-refractivity contribution in [3.05, 3.63) is 60.2 Å². The number of amides is 1. The summed E-state index contributed by atoms with van der Waals surface area (Å²) in [5.41, 5.74) is 10.3. The molecule has 2 aromatic heterocycles. The van der Waals surface area contributed by atoms with Crippen LogP contribution in [0.2, 0.25) is 0 Å². The van der Waals surface area contributed by atoms with Crippen LogP contribution >= 0.6 is 0 Å². The third-order valence-electron chi connectivity index (χ3n) is 4.55. The van der Waals surface area contributed by atoms with Gasteiger partial charge in [0.2, 0.25) is 0 Å². The third-order valence-corrected chi connectivity index (χ3v) is 4.55. The maximum absolute atomic E-state index is 12.1. The first kappa shape index (κ1) is 26.5. The number of aldehydes is 1. The van der Waals surface area contributed by atoms with Crippen molar-refractivity contribution in [2.75, 3.05) is 31.2 Å². The van der Waals surface area contributed by atoms with Gasteiger partial charge in [0.05, 0.1) is 11.4 Å². The van der Waals surface area contributed by atoms with E-state index in [9.17, 15) is 9.59 Å². The molecule has 0 saturated carbocycles. The smallest absolute Gasteiger partial charge is 0.267 e. The van der Waals surface area contributed by atoms with Gasteiger partial charge in [-0.25, -0.2) is 0 Å². The van der Waals surface area contributed by atoms with Crippen molar-refractivity contribution in [3.63, 3.8) is 0 Å². The lowest BCUT2D eigenvalue weighted by Gasteiger charge is -2.04. The number of rotatable bonds is 7. The molecule has 8 nitrogen and oxygen atoms in total. The van der Waals surface area contributed by atoms with Gasteiger partial charge in [-0.1, -0.05) is 26.0 Å². The molecule has 32 heavy (non-hydrogen) atoms. The van der Waals surface area contributed by atoms with E-state index in [0.717, 1.165) is 23.1 Å². The number of aliphatic hydroxyl groups excluding tert-OH is 1. The Bertz CT molecular complexity index is 974. The minimum atomic E-state index is -0.121.